The Balaban J connectivity index is 2.57. The Kier molecular flexibility index (Phi) is 2.57. The summed E-state index contributed by atoms with van der Waals surface area (Å²) in [5, 5.41) is 0.954. The lowest BCUT2D eigenvalue weighted by Crippen LogP contribution is -2.28. The zero-order chi connectivity index (χ0) is 8.10. The van der Waals surface area contributed by atoms with E-state index in [0.717, 1.165) is 10.6 Å². The maximum atomic E-state index is 9.97. The third kappa shape index (κ3) is 2.35. The van der Waals surface area contributed by atoms with Crippen molar-refractivity contribution in [2.75, 3.05) is 0 Å². The van der Waals surface area contributed by atoms with E-state index in [0.29, 0.717) is 6.54 Å². The lowest BCUT2D eigenvalue weighted by atomic mass is 10.3. The van der Waals surface area contributed by atoms with E-state index in [9.17, 15) is 4.79 Å². The summed E-state index contributed by atoms with van der Waals surface area (Å²) in [6.45, 7) is 0.367. The van der Waals surface area contributed by atoms with Crippen molar-refractivity contribution >= 4 is 6.41 Å². The Morgan fingerprint density at radius 1 is 1.55 bits per heavy atom. The van der Waals surface area contributed by atoms with Gasteiger partial charge in [0, 0.05) is 12.4 Å². The van der Waals surface area contributed by atoms with Gasteiger partial charge in [0.1, 0.15) is 0 Å². The summed E-state index contributed by atoms with van der Waals surface area (Å²) in [6, 6.07) is 3.58. The number of amides is 1. The molecule has 2 N–H and O–H groups in total. The summed E-state index contributed by atoms with van der Waals surface area (Å²) >= 11 is 0. The number of carbonyl (C=O) groups excluding carboxylic acids is 1. The molecule has 4 nitrogen and oxygen atoms in total. The second-order valence-electron chi connectivity index (χ2n) is 2.07. The second-order valence-corrected chi connectivity index (χ2v) is 2.07. The van der Waals surface area contributed by atoms with Crippen LogP contribution in [-0.4, -0.2) is 16.4 Å². The molecule has 1 rings (SSSR count). The molecule has 0 aliphatic carbocycles. The van der Waals surface area contributed by atoms with Gasteiger partial charge in [0.2, 0.25) is 0 Å². The molecule has 4 heteroatoms. The van der Waals surface area contributed by atoms with Gasteiger partial charge >= 0.3 is 6.41 Å². The summed E-state index contributed by atoms with van der Waals surface area (Å²) in [4.78, 5) is 13.8. The molecule has 0 bridgehead atoms. The molecule has 0 fully saturated rings. The highest BCUT2D eigenvalue weighted by atomic mass is 16.1. The number of pyridine rings is 1. The molecule has 11 heavy (non-hydrogen) atoms. The summed E-state index contributed by atoms with van der Waals surface area (Å²) < 4.78 is 0. The minimum atomic E-state index is 0.367. The Morgan fingerprint density at radius 3 is 2.73 bits per heavy atom. The quantitative estimate of drug-likeness (QED) is 0.281. The van der Waals surface area contributed by atoms with Crippen LogP contribution in [0.15, 0.2) is 24.5 Å². The van der Waals surface area contributed by atoms with Crippen molar-refractivity contribution in [2.45, 2.75) is 6.54 Å². The molecular weight excluding hydrogens is 142 g/mol. The van der Waals surface area contributed by atoms with Crippen LogP contribution in [0.3, 0.4) is 0 Å². The van der Waals surface area contributed by atoms with Crippen molar-refractivity contribution in [2.24, 2.45) is 5.84 Å². The lowest BCUT2D eigenvalue weighted by molar-refractivity contribution is 0.387. The maximum Gasteiger partial charge on any atom is 0.327 e. The highest BCUT2D eigenvalue weighted by Gasteiger charge is 1.96. The molecule has 0 aliphatic heterocycles. The minimum absolute atomic E-state index is 0.367. The Hall–Kier alpha value is -1.42. The van der Waals surface area contributed by atoms with E-state index < -0.39 is 0 Å². The van der Waals surface area contributed by atoms with Crippen LogP contribution in [0.4, 0.5) is 0 Å². The predicted octanol–water partition coefficient (Wildman–Crippen LogP) is -0.176. The minimum Gasteiger partial charge on any atom is -0.268 e. The van der Waals surface area contributed by atoms with E-state index in [4.69, 9.17) is 5.84 Å². The summed E-state index contributed by atoms with van der Waals surface area (Å²) in [6.07, 6.45) is 4.85. The van der Waals surface area contributed by atoms with Crippen molar-refractivity contribution in [3.8, 4) is 0 Å². The monoisotopic (exact) mass is 150 g/mol. The average Bonchev–Trinajstić information content (AvgIpc) is 2.06. The van der Waals surface area contributed by atoms with E-state index in [1.165, 1.54) is 0 Å². The lowest BCUT2D eigenvalue weighted by Gasteiger charge is -2.07. The molecule has 0 saturated carbocycles. The average molecular weight is 150 g/mol. The van der Waals surface area contributed by atoms with Gasteiger partial charge in [-0.1, -0.05) is 0 Å². The summed E-state index contributed by atoms with van der Waals surface area (Å²) in [7, 11) is 0. The third-order valence-electron chi connectivity index (χ3n) is 1.22. The van der Waals surface area contributed by atoms with Crippen molar-refractivity contribution < 1.29 is 4.79 Å². The van der Waals surface area contributed by atoms with Gasteiger partial charge in [-0.25, -0.2) is 5.84 Å². The first-order valence-electron chi connectivity index (χ1n) is 3.12. The van der Waals surface area contributed by atoms with Crippen LogP contribution in [0.2, 0.25) is 0 Å². The van der Waals surface area contributed by atoms with E-state index >= 15 is 0 Å². The molecule has 0 unspecified atom stereocenters. The molecule has 0 aromatic carbocycles. The number of nitrogens with zero attached hydrogens (tertiary/aromatic N) is 2. The zero-order valence-corrected chi connectivity index (χ0v) is 5.90. The van der Waals surface area contributed by atoms with Crippen LogP contribution in [0.25, 0.3) is 0 Å². The van der Waals surface area contributed by atoms with Crippen molar-refractivity contribution in [3.05, 3.63) is 30.1 Å². The van der Waals surface area contributed by atoms with E-state index in [1.54, 1.807) is 30.9 Å². The first-order chi connectivity index (χ1) is 5.33. The Bertz CT molecular complexity index is 224. The fraction of sp³-hybridized carbons (Fsp3) is 0.143. The molecule has 1 aromatic heterocycles. The maximum absolute atomic E-state index is 9.97. The molecule has 57 valence electrons. The first-order valence-corrected chi connectivity index (χ1v) is 3.12. The number of hydrazine groups is 1. The topological polar surface area (TPSA) is 59.2 Å². The fourth-order valence-electron chi connectivity index (χ4n) is 0.717. The van der Waals surface area contributed by atoms with Crippen molar-refractivity contribution in [3.63, 3.8) is 0 Å². The van der Waals surface area contributed by atoms with Gasteiger partial charge in [0.15, 0.2) is 0 Å². The van der Waals surface area contributed by atoms with Gasteiger partial charge in [-0.05, 0) is 17.7 Å². The van der Waals surface area contributed by atoms with E-state index in [1.807, 2.05) is 0 Å². The summed E-state index contributed by atoms with van der Waals surface area (Å²) in [5.41, 5.74) is 0.936. The van der Waals surface area contributed by atoms with Gasteiger partial charge in [0.25, 0.3) is 0 Å². The first kappa shape index (κ1) is 7.68. The van der Waals surface area contributed by atoms with Crippen LogP contribution in [-0.2, 0) is 11.3 Å². The number of hydrogen-bond acceptors (Lipinski definition) is 3. The van der Waals surface area contributed by atoms with Gasteiger partial charge in [0.05, 0.1) is 6.54 Å². The van der Waals surface area contributed by atoms with Gasteiger partial charge < -0.3 is 0 Å². The summed E-state index contributed by atoms with van der Waals surface area (Å²) in [5.74, 6) is 5.19. The standard InChI is InChI=1S/C7H8N3O/c8-10(6-11)5-7-1-3-9-4-2-7/h1-4H,5,8H2. The normalized spacial score (nSPS) is 9.18. The zero-order valence-electron chi connectivity index (χ0n) is 5.90. The smallest absolute Gasteiger partial charge is 0.268 e. The van der Waals surface area contributed by atoms with E-state index in [2.05, 4.69) is 4.98 Å². The SMILES string of the molecule is NN([C]=O)Cc1ccncc1. The highest BCUT2D eigenvalue weighted by molar-refractivity contribution is 5.47. The second kappa shape index (κ2) is 3.68. The Morgan fingerprint density at radius 2 is 2.18 bits per heavy atom. The van der Waals surface area contributed by atoms with Crippen LogP contribution in [0.1, 0.15) is 5.56 Å². The van der Waals surface area contributed by atoms with Crippen LogP contribution >= 0.6 is 0 Å². The predicted molar refractivity (Wildman–Crippen MR) is 39.7 cm³/mol. The van der Waals surface area contributed by atoms with Gasteiger partial charge in [-0.15, -0.1) is 0 Å². The van der Waals surface area contributed by atoms with Crippen LogP contribution in [0, 0.1) is 0 Å². The van der Waals surface area contributed by atoms with Crippen LogP contribution in [0.5, 0.6) is 0 Å². The molecule has 1 radical (unpaired) electrons. The number of rotatable bonds is 3. The number of nitrogens with two attached hydrogens (primary N) is 1. The molecular formula is C7H8N3O. The molecule has 0 atom stereocenters. The fourth-order valence-corrected chi connectivity index (χ4v) is 0.717. The van der Waals surface area contributed by atoms with E-state index in [-0.39, 0.29) is 0 Å². The number of hydrogen-bond donors (Lipinski definition) is 1. The highest BCUT2D eigenvalue weighted by Crippen LogP contribution is 1.96. The molecule has 1 amide bonds. The van der Waals surface area contributed by atoms with Gasteiger partial charge in [-0.2, -0.15) is 0 Å². The Labute approximate surface area is 64.6 Å². The molecule has 0 saturated heterocycles. The number of aromatic nitrogens is 1. The van der Waals surface area contributed by atoms with Gasteiger partial charge in [-0.3, -0.25) is 14.8 Å². The van der Waals surface area contributed by atoms with Crippen molar-refractivity contribution in [1.82, 2.24) is 9.99 Å². The van der Waals surface area contributed by atoms with Crippen molar-refractivity contribution in [1.29, 1.82) is 0 Å². The molecule has 1 aromatic rings. The molecule has 0 spiro atoms. The van der Waals surface area contributed by atoms with Crippen LogP contribution < -0.4 is 5.84 Å². The largest absolute Gasteiger partial charge is 0.327 e. The molecule has 0 aliphatic rings. The molecule has 1 heterocycles. The third-order valence-corrected chi connectivity index (χ3v) is 1.22.